The number of aromatic nitrogens is 1. The second kappa shape index (κ2) is 6.53. The molecule has 0 aromatic carbocycles. The molecule has 1 fully saturated rings. The summed E-state index contributed by atoms with van der Waals surface area (Å²) in [6.45, 7) is 3.22. The second-order valence-corrected chi connectivity index (χ2v) is 8.23. The molecule has 6 nitrogen and oxygen atoms in total. The Morgan fingerprint density at radius 3 is 2.95 bits per heavy atom. The molecular weight excluding hydrogens is 298 g/mol. The minimum absolute atomic E-state index is 0.0532. The Balaban J connectivity index is 1.85. The van der Waals surface area contributed by atoms with Crippen molar-refractivity contribution in [3.63, 3.8) is 0 Å². The fourth-order valence-corrected chi connectivity index (χ4v) is 4.07. The average molecular weight is 317 g/mol. The first-order valence-electron chi connectivity index (χ1n) is 6.67. The van der Waals surface area contributed by atoms with Gasteiger partial charge >= 0.3 is 6.03 Å². The molecule has 1 aliphatic rings. The highest BCUT2D eigenvalue weighted by atomic mass is 32.2. The van der Waals surface area contributed by atoms with Gasteiger partial charge in [-0.2, -0.15) is 0 Å². The van der Waals surface area contributed by atoms with Crippen LogP contribution >= 0.6 is 11.3 Å². The summed E-state index contributed by atoms with van der Waals surface area (Å²) in [5.41, 5.74) is 0. The van der Waals surface area contributed by atoms with E-state index in [2.05, 4.69) is 17.2 Å². The molecule has 20 heavy (non-hydrogen) atoms. The van der Waals surface area contributed by atoms with Gasteiger partial charge in [-0.25, -0.2) is 18.2 Å². The van der Waals surface area contributed by atoms with Crippen molar-refractivity contribution in [3.8, 4) is 0 Å². The molecule has 1 aromatic heterocycles. The minimum atomic E-state index is -2.98. The number of nitrogens with zero attached hydrogens (tertiary/aromatic N) is 2. The number of urea groups is 1. The molecule has 0 radical (unpaired) electrons. The van der Waals surface area contributed by atoms with Gasteiger partial charge in [-0.1, -0.05) is 6.92 Å². The van der Waals surface area contributed by atoms with Crippen molar-refractivity contribution >= 4 is 27.2 Å². The Morgan fingerprint density at radius 1 is 1.45 bits per heavy atom. The lowest BCUT2D eigenvalue weighted by molar-refractivity contribution is 0.201. The average Bonchev–Trinajstić information content (AvgIpc) is 2.80. The van der Waals surface area contributed by atoms with Gasteiger partial charge in [-0.3, -0.25) is 0 Å². The third-order valence-corrected chi connectivity index (χ3v) is 6.04. The number of sulfone groups is 1. The van der Waals surface area contributed by atoms with Crippen molar-refractivity contribution in [3.05, 3.63) is 16.1 Å². The van der Waals surface area contributed by atoms with Crippen LogP contribution in [0.2, 0.25) is 0 Å². The van der Waals surface area contributed by atoms with Crippen LogP contribution in [0.25, 0.3) is 0 Å². The third kappa shape index (κ3) is 4.17. The van der Waals surface area contributed by atoms with Crippen molar-refractivity contribution < 1.29 is 13.2 Å². The van der Waals surface area contributed by atoms with Crippen LogP contribution in [0.15, 0.2) is 6.20 Å². The molecule has 0 aliphatic carbocycles. The summed E-state index contributed by atoms with van der Waals surface area (Å²) in [5, 5.41) is 3.67. The molecule has 0 atom stereocenters. The number of nitrogens with one attached hydrogen (secondary N) is 1. The van der Waals surface area contributed by atoms with E-state index in [1.54, 1.807) is 16.2 Å². The summed E-state index contributed by atoms with van der Waals surface area (Å²) in [4.78, 5) is 19.0. The zero-order valence-electron chi connectivity index (χ0n) is 11.5. The number of amides is 2. The number of aryl methyl sites for hydroxylation is 1. The molecule has 2 amide bonds. The Morgan fingerprint density at radius 2 is 2.25 bits per heavy atom. The molecule has 0 unspecified atom stereocenters. The number of carbonyl (C=O) groups excluding carboxylic acids is 1. The maximum Gasteiger partial charge on any atom is 0.317 e. The van der Waals surface area contributed by atoms with E-state index in [0.29, 0.717) is 19.5 Å². The molecule has 2 rings (SSSR count). The smallest absolute Gasteiger partial charge is 0.317 e. The number of hydrogen-bond acceptors (Lipinski definition) is 5. The first-order chi connectivity index (χ1) is 9.50. The van der Waals surface area contributed by atoms with Crippen molar-refractivity contribution in [2.45, 2.75) is 26.3 Å². The minimum Gasteiger partial charge on any atom is -0.331 e. The van der Waals surface area contributed by atoms with E-state index < -0.39 is 9.84 Å². The fraction of sp³-hybridized carbons (Fsp3) is 0.667. The van der Waals surface area contributed by atoms with Gasteiger partial charge in [0.1, 0.15) is 5.01 Å². The first kappa shape index (κ1) is 15.2. The SMILES string of the molecule is CCc1cnc(CNC(=O)N2CCCS(=O)(=O)CC2)s1. The van der Waals surface area contributed by atoms with Gasteiger partial charge in [0.2, 0.25) is 0 Å². The number of thiazole rings is 1. The monoisotopic (exact) mass is 317 g/mol. The highest BCUT2D eigenvalue weighted by molar-refractivity contribution is 7.91. The quantitative estimate of drug-likeness (QED) is 0.903. The predicted octanol–water partition coefficient (Wildman–Crippen LogP) is 1.04. The number of carbonyl (C=O) groups is 1. The van der Waals surface area contributed by atoms with E-state index in [1.165, 1.54) is 4.88 Å². The van der Waals surface area contributed by atoms with Crippen molar-refractivity contribution in [1.29, 1.82) is 0 Å². The molecule has 0 saturated carbocycles. The maximum atomic E-state index is 12.0. The predicted molar refractivity (Wildman–Crippen MR) is 78.6 cm³/mol. The van der Waals surface area contributed by atoms with Gasteiger partial charge in [0, 0.05) is 24.2 Å². The standard InChI is InChI=1S/C12H19N3O3S2/c1-2-10-8-13-11(19-10)9-14-12(16)15-4-3-6-20(17,18)7-5-15/h8H,2-7,9H2,1H3,(H,14,16). The van der Waals surface area contributed by atoms with E-state index in [-0.39, 0.29) is 24.1 Å². The molecule has 8 heteroatoms. The number of rotatable bonds is 3. The molecular formula is C12H19N3O3S2. The first-order valence-corrected chi connectivity index (χ1v) is 9.31. The van der Waals surface area contributed by atoms with E-state index >= 15 is 0 Å². The summed E-state index contributed by atoms with van der Waals surface area (Å²) in [7, 11) is -2.98. The van der Waals surface area contributed by atoms with Gasteiger partial charge in [0.25, 0.3) is 0 Å². The topological polar surface area (TPSA) is 79.4 Å². The largest absolute Gasteiger partial charge is 0.331 e. The van der Waals surface area contributed by atoms with Crippen LogP contribution in [0.1, 0.15) is 23.2 Å². The van der Waals surface area contributed by atoms with E-state index in [0.717, 1.165) is 11.4 Å². The molecule has 2 heterocycles. The van der Waals surface area contributed by atoms with Crippen molar-refractivity contribution in [2.24, 2.45) is 0 Å². The van der Waals surface area contributed by atoms with Crippen molar-refractivity contribution in [1.82, 2.24) is 15.2 Å². The highest BCUT2D eigenvalue weighted by Gasteiger charge is 2.22. The fourth-order valence-electron chi connectivity index (χ4n) is 2.00. The maximum absolute atomic E-state index is 12.0. The highest BCUT2D eigenvalue weighted by Crippen LogP contribution is 2.13. The van der Waals surface area contributed by atoms with Crippen LogP contribution in [-0.4, -0.2) is 48.9 Å². The Labute approximate surface area is 123 Å². The zero-order valence-corrected chi connectivity index (χ0v) is 13.1. The second-order valence-electron chi connectivity index (χ2n) is 4.72. The summed E-state index contributed by atoms with van der Waals surface area (Å²) in [6.07, 6.45) is 3.27. The third-order valence-electron chi connectivity index (χ3n) is 3.18. The van der Waals surface area contributed by atoms with Crippen LogP contribution in [0, 0.1) is 0 Å². The number of hydrogen-bond donors (Lipinski definition) is 1. The normalized spacial score (nSPS) is 18.6. The molecule has 112 valence electrons. The molecule has 1 N–H and O–H groups in total. The van der Waals surface area contributed by atoms with Gasteiger partial charge in [0.15, 0.2) is 9.84 Å². The molecule has 1 aliphatic heterocycles. The van der Waals surface area contributed by atoms with E-state index in [9.17, 15) is 13.2 Å². The summed E-state index contributed by atoms with van der Waals surface area (Å²) >= 11 is 1.59. The van der Waals surface area contributed by atoms with Gasteiger partial charge in [-0.15, -0.1) is 11.3 Å². The van der Waals surface area contributed by atoms with Crippen LogP contribution in [0.5, 0.6) is 0 Å². The van der Waals surface area contributed by atoms with Gasteiger partial charge in [0.05, 0.1) is 18.1 Å². The van der Waals surface area contributed by atoms with Crippen LogP contribution < -0.4 is 5.32 Å². The summed E-state index contributed by atoms with van der Waals surface area (Å²) < 4.78 is 23.0. The Hall–Kier alpha value is -1.15. The summed E-state index contributed by atoms with van der Waals surface area (Å²) in [5.74, 6) is 0.223. The lowest BCUT2D eigenvalue weighted by Gasteiger charge is -2.19. The summed E-state index contributed by atoms with van der Waals surface area (Å²) in [6, 6.07) is -0.213. The Kier molecular flexibility index (Phi) is 4.98. The Bertz CT molecular complexity index is 568. The molecule has 0 spiro atoms. The molecule has 0 bridgehead atoms. The van der Waals surface area contributed by atoms with Crippen LogP contribution in [0.4, 0.5) is 4.79 Å². The van der Waals surface area contributed by atoms with E-state index in [4.69, 9.17) is 0 Å². The zero-order chi connectivity index (χ0) is 14.6. The van der Waals surface area contributed by atoms with Crippen LogP contribution in [-0.2, 0) is 22.8 Å². The molecule has 1 aromatic rings. The van der Waals surface area contributed by atoms with Gasteiger partial charge in [-0.05, 0) is 12.8 Å². The molecule has 1 saturated heterocycles. The van der Waals surface area contributed by atoms with E-state index in [1.807, 2.05) is 6.20 Å². The van der Waals surface area contributed by atoms with Gasteiger partial charge < -0.3 is 10.2 Å². The lowest BCUT2D eigenvalue weighted by atomic mass is 10.4. The van der Waals surface area contributed by atoms with Crippen LogP contribution in [0.3, 0.4) is 0 Å². The van der Waals surface area contributed by atoms with Crippen molar-refractivity contribution in [2.75, 3.05) is 24.6 Å². The lowest BCUT2D eigenvalue weighted by Crippen LogP contribution is -2.41.